The Labute approximate surface area is 295 Å². The fraction of sp³-hybridized carbons (Fsp3) is 0.333. The van der Waals surface area contributed by atoms with E-state index in [2.05, 4.69) is 24.0 Å². The molecule has 1 heterocycles. The molecule has 1 unspecified atom stereocenters. The lowest BCUT2D eigenvalue weighted by molar-refractivity contribution is 0.0741. The van der Waals surface area contributed by atoms with E-state index in [1.54, 1.807) is 26.0 Å². The van der Waals surface area contributed by atoms with Crippen LogP contribution in [0.1, 0.15) is 79.2 Å². The lowest BCUT2D eigenvalue weighted by Crippen LogP contribution is -2.31. The van der Waals surface area contributed by atoms with Crippen molar-refractivity contribution in [2.24, 2.45) is 0 Å². The molecule has 52 heavy (non-hydrogen) atoms. The third kappa shape index (κ3) is 6.97. The molecule has 1 atom stereocenters. The smallest absolute Gasteiger partial charge is 0.254 e. The highest BCUT2D eigenvalue weighted by atomic mass is 19.2. The summed E-state index contributed by atoms with van der Waals surface area (Å²) in [5, 5.41) is 6.49. The van der Waals surface area contributed by atoms with E-state index in [4.69, 9.17) is 13.9 Å². The fourth-order valence-corrected chi connectivity index (χ4v) is 5.93. The maximum Gasteiger partial charge on any atom is 0.254 e. The van der Waals surface area contributed by atoms with Gasteiger partial charge in [0, 0.05) is 5.56 Å². The first-order valence-corrected chi connectivity index (χ1v) is 16.8. The van der Waals surface area contributed by atoms with Gasteiger partial charge in [-0.2, -0.15) is 8.78 Å². The van der Waals surface area contributed by atoms with Gasteiger partial charge in [-0.05, 0) is 73.4 Å². The molecule has 5 nitrogen and oxygen atoms in total. The van der Waals surface area contributed by atoms with E-state index in [-0.39, 0.29) is 24.2 Å². The van der Waals surface area contributed by atoms with Gasteiger partial charge in [-0.25, -0.2) is 26.3 Å². The first-order valence-electron chi connectivity index (χ1n) is 16.8. The van der Waals surface area contributed by atoms with Crippen molar-refractivity contribution in [1.29, 1.82) is 0 Å². The van der Waals surface area contributed by atoms with Crippen LogP contribution in [0.25, 0.3) is 34.0 Å². The van der Waals surface area contributed by atoms with Gasteiger partial charge in [0.2, 0.25) is 17.4 Å². The molecule has 0 bridgehead atoms. The van der Waals surface area contributed by atoms with Crippen molar-refractivity contribution >= 4 is 0 Å². The molecule has 0 saturated carbocycles. The Morgan fingerprint density at radius 1 is 0.558 bits per heavy atom. The van der Waals surface area contributed by atoms with Crippen LogP contribution in [0.2, 0.25) is 0 Å². The van der Waals surface area contributed by atoms with Crippen molar-refractivity contribution in [3.8, 4) is 51.3 Å². The maximum atomic E-state index is 15.3. The van der Waals surface area contributed by atoms with Crippen molar-refractivity contribution < 1.29 is 49.0 Å². The molecule has 0 N–H and O–H groups in total. The summed E-state index contributed by atoms with van der Waals surface area (Å²) in [6.45, 7) is 10.8. The molecule has 13 heteroatoms. The second kappa shape index (κ2) is 15.0. The third-order valence-corrected chi connectivity index (χ3v) is 9.66. The van der Waals surface area contributed by atoms with Crippen molar-refractivity contribution in [2.75, 3.05) is 0 Å². The zero-order valence-electron chi connectivity index (χ0n) is 29.3. The SMILES string of the molecule is CCCC(C)(CC)Oc1ccc(-c2ccc(Oc3c(F)c(F)c(-c4nnc(-c5c(F)c(F)c(C(C)(CC)CC)c(F)c5F)o4)c(F)c3F)cc2)cc1. The average Bonchev–Trinajstić information content (AvgIpc) is 3.61. The molecule has 5 aromatic rings. The summed E-state index contributed by atoms with van der Waals surface area (Å²) in [6.07, 6.45) is 2.95. The number of benzene rings is 4. The molecule has 0 spiro atoms. The minimum atomic E-state index is -2.04. The largest absolute Gasteiger partial charge is 0.488 e. The summed E-state index contributed by atoms with van der Waals surface area (Å²) in [7, 11) is 0. The Balaban J connectivity index is 1.41. The number of aromatic nitrogens is 2. The Kier molecular flexibility index (Phi) is 11.0. The number of hydrogen-bond donors (Lipinski definition) is 0. The lowest BCUT2D eigenvalue weighted by Gasteiger charge is -2.29. The second-order valence-corrected chi connectivity index (χ2v) is 13.0. The van der Waals surface area contributed by atoms with E-state index in [0.717, 1.165) is 24.8 Å². The topological polar surface area (TPSA) is 57.4 Å². The summed E-state index contributed by atoms with van der Waals surface area (Å²) in [5.74, 6) is -18.8. The van der Waals surface area contributed by atoms with Crippen LogP contribution >= 0.6 is 0 Å². The Morgan fingerprint density at radius 2 is 0.981 bits per heavy atom. The minimum absolute atomic E-state index is 0.129. The summed E-state index contributed by atoms with van der Waals surface area (Å²) in [6, 6.07) is 13.1. The van der Waals surface area contributed by atoms with Gasteiger partial charge >= 0.3 is 0 Å². The molecule has 1 aromatic heterocycles. The van der Waals surface area contributed by atoms with Crippen LogP contribution in [0.3, 0.4) is 0 Å². The molecule has 0 aliphatic rings. The maximum absolute atomic E-state index is 15.3. The van der Waals surface area contributed by atoms with Gasteiger partial charge in [0.25, 0.3) is 11.8 Å². The highest BCUT2D eigenvalue weighted by Crippen LogP contribution is 2.42. The van der Waals surface area contributed by atoms with Crippen LogP contribution in [-0.2, 0) is 5.41 Å². The van der Waals surface area contributed by atoms with Gasteiger partial charge in [0.05, 0.1) is 0 Å². The van der Waals surface area contributed by atoms with Crippen molar-refractivity contribution in [1.82, 2.24) is 10.2 Å². The number of rotatable bonds is 13. The Hall–Kier alpha value is -4.94. The highest BCUT2D eigenvalue weighted by Gasteiger charge is 2.38. The molecule has 5 rings (SSSR count). The Morgan fingerprint density at radius 3 is 1.38 bits per heavy atom. The molecule has 4 aromatic carbocycles. The zero-order valence-corrected chi connectivity index (χ0v) is 29.3. The first-order chi connectivity index (χ1) is 24.6. The normalized spacial score (nSPS) is 13.0. The summed E-state index contributed by atoms with van der Waals surface area (Å²) in [5.41, 5.74) is -3.96. The van der Waals surface area contributed by atoms with Gasteiger partial charge < -0.3 is 13.9 Å². The zero-order chi connectivity index (χ0) is 38.1. The van der Waals surface area contributed by atoms with Crippen LogP contribution in [0, 0.1) is 46.5 Å². The second-order valence-electron chi connectivity index (χ2n) is 13.0. The standard InChI is InChI=1S/C39H36F8N2O3/c1-7-19-39(6,10-4)52-23-17-13-21(14-18-23)20-11-15-22(16-12-20)50-35-33(46)29(42)25(30(43)34(35)47)37-49-48-36(51-37)24-27(40)31(44)26(32(45)28(24)41)38(5,8-2)9-3/h11-18H,7-10,19H2,1-6H3. The molecular formula is C39H36F8N2O3. The van der Waals surface area contributed by atoms with Gasteiger partial charge in [0.15, 0.2) is 34.9 Å². The van der Waals surface area contributed by atoms with Crippen LogP contribution in [-0.4, -0.2) is 15.8 Å². The molecule has 0 radical (unpaired) electrons. The van der Waals surface area contributed by atoms with Crippen LogP contribution in [0.4, 0.5) is 35.1 Å². The average molecular weight is 733 g/mol. The molecule has 0 amide bonds. The fourth-order valence-electron chi connectivity index (χ4n) is 5.93. The Bertz CT molecular complexity index is 2020. The van der Waals surface area contributed by atoms with Gasteiger partial charge in [-0.3, -0.25) is 0 Å². The van der Waals surface area contributed by atoms with E-state index < -0.39 is 86.2 Å². The number of ether oxygens (including phenoxy) is 2. The lowest BCUT2D eigenvalue weighted by atomic mass is 9.76. The first kappa shape index (κ1) is 38.3. The molecule has 0 aliphatic heterocycles. The molecule has 0 aliphatic carbocycles. The van der Waals surface area contributed by atoms with Crippen LogP contribution in [0.15, 0.2) is 52.9 Å². The quantitative estimate of drug-likeness (QED) is 0.0891. The van der Waals surface area contributed by atoms with Crippen LogP contribution in [0.5, 0.6) is 17.2 Å². The van der Waals surface area contributed by atoms with Gasteiger partial charge in [0.1, 0.15) is 28.2 Å². The van der Waals surface area contributed by atoms with E-state index in [1.165, 1.54) is 19.1 Å². The summed E-state index contributed by atoms with van der Waals surface area (Å²) in [4.78, 5) is 0. The highest BCUT2D eigenvalue weighted by molar-refractivity contribution is 5.66. The molecule has 276 valence electrons. The van der Waals surface area contributed by atoms with Gasteiger partial charge in [-0.1, -0.05) is 65.3 Å². The number of nitrogens with zero attached hydrogens (tertiary/aromatic N) is 2. The van der Waals surface area contributed by atoms with E-state index in [0.29, 0.717) is 11.3 Å². The van der Waals surface area contributed by atoms with Crippen LogP contribution < -0.4 is 9.47 Å². The monoisotopic (exact) mass is 732 g/mol. The molecular weight excluding hydrogens is 696 g/mol. The number of hydrogen-bond acceptors (Lipinski definition) is 5. The predicted octanol–water partition coefficient (Wildman–Crippen LogP) is 12.4. The summed E-state index contributed by atoms with van der Waals surface area (Å²) >= 11 is 0. The van der Waals surface area contributed by atoms with Crippen molar-refractivity contribution in [3.05, 3.63) is 101 Å². The number of halogens is 8. The van der Waals surface area contributed by atoms with Crippen molar-refractivity contribution in [3.63, 3.8) is 0 Å². The molecule has 0 saturated heterocycles. The predicted molar refractivity (Wildman–Crippen MR) is 179 cm³/mol. The third-order valence-electron chi connectivity index (χ3n) is 9.66. The van der Waals surface area contributed by atoms with E-state index >= 15 is 35.1 Å². The van der Waals surface area contributed by atoms with E-state index in [9.17, 15) is 0 Å². The van der Waals surface area contributed by atoms with Gasteiger partial charge in [-0.15, -0.1) is 10.2 Å². The van der Waals surface area contributed by atoms with E-state index in [1.807, 2.05) is 31.2 Å². The minimum Gasteiger partial charge on any atom is -0.488 e. The molecule has 0 fully saturated rings. The summed E-state index contributed by atoms with van der Waals surface area (Å²) < 4.78 is 138. The van der Waals surface area contributed by atoms with Crippen molar-refractivity contribution in [2.45, 2.75) is 84.7 Å².